The van der Waals surface area contributed by atoms with Crippen LogP contribution in [0.4, 0.5) is 11.6 Å². The van der Waals surface area contributed by atoms with Crippen molar-refractivity contribution in [3.63, 3.8) is 0 Å². The highest BCUT2D eigenvalue weighted by Crippen LogP contribution is 2.27. The Morgan fingerprint density at radius 2 is 1.77 bits per heavy atom. The van der Waals surface area contributed by atoms with Crippen LogP contribution in [-0.2, 0) is 10.0 Å². The molecule has 1 aromatic carbocycles. The Labute approximate surface area is 154 Å². The summed E-state index contributed by atoms with van der Waals surface area (Å²) >= 11 is 0. The maximum absolute atomic E-state index is 12.7. The van der Waals surface area contributed by atoms with Gasteiger partial charge in [-0.1, -0.05) is 0 Å². The van der Waals surface area contributed by atoms with E-state index in [9.17, 15) is 8.42 Å². The lowest BCUT2D eigenvalue weighted by Gasteiger charge is -2.27. The summed E-state index contributed by atoms with van der Waals surface area (Å²) in [5.41, 5.74) is 1.36. The van der Waals surface area contributed by atoms with E-state index in [1.54, 1.807) is 32.2 Å². The van der Waals surface area contributed by atoms with Crippen LogP contribution in [0, 0.1) is 13.8 Å². The van der Waals surface area contributed by atoms with Gasteiger partial charge in [0, 0.05) is 13.1 Å². The lowest BCUT2D eigenvalue weighted by atomic mass is 10.1. The van der Waals surface area contributed by atoms with Crippen molar-refractivity contribution >= 4 is 21.7 Å². The van der Waals surface area contributed by atoms with Crippen molar-refractivity contribution < 1.29 is 13.2 Å². The molecule has 0 saturated carbocycles. The number of rotatable bonds is 5. The SMILES string of the molecule is COc1cc(C)c(S(=O)(=O)Nc2ccc(N3CCCCC3)nn2)cc1C. The Bertz CT molecular complexity index is 876. The van der Waals surface area contributed by atoms with E-state index in [1.165, 1.54) is 6.42 Å². The number of ether oxygens (including phenoxy) is 1. The molecule has 0 spiro atoms. The van der Waals surface area contributed by atoms with Crippen molar-refractivity contribution in [2.24, 2.45) is 0 Å². The van der Waals surface area contributed by atoms with Gasteiger partial charge in [-0.3, -0.25) is 4.72 Å². The molecule has 1 aliphatic heterocycles. The summed E-state index contributed by atoms with van der Waals surface area (Å²) in [5.74, 6) is 1.65. The van der Waals surface area contributed by atoms with Crippen LogP contribution in [0.5, 0.6) is 5.75 Å². The molecule has 26 heavy (non-hydrogen) atoms. The van der Waals surface area contributed by atoms with Crippen molar-refractivity contribution in [2.75, 3.05) is 29.8 Å². The standard InChI is InChI=1S/C18H24N4O3S/c1-13-12-16(14(2)11-15(13)25-3)26(23,24)21-17-7-8-18(20-19-17)22-9-5-4-6-10-22/h7-8,11-12H,4-6,9-10H2,1-3H3,(H,19,21). The largest absolute Gasteiger partial charge is 0.496 e. The second kappa shape index (κ2) is 7.49. The zero-order valence-corrected chi connectivity index (χ0v) is 16.1. The average molecular weight is 376 g/mol. The lowest BCUT2D eigenvalue weighted by molar-refractivity contribution is 0.411. The average Bonchev–Trinajstić information content (AvgIpc) is 2.64. The van der Waals surface area contributed by atoms with Crippen LogP contribution in [-0.4, -0.2) is 38.8 Å². The number of aryl methyl sites for hydroxylation is 2. The van der Waals surface area contributed by atoms with Crippen molar-refractivity contribution in [2.45, 2.75) is 38.0 Å². The van der Waals surface area contributed by atoms with Gasteiger partial charge in [-0.2, -0.15) is 0 Å². The summed E-state index contributed by atoms with van der Waals surface area (Å²) in [6, 6.07) is 6.78. The molecule has 0 aliphatic carbocycles. The molecule has 1 aromatic heterocycles. The first-order valence-corrected chi connectivity index (χ1v) is 10.2. The molecule has 0 radical (unpaired) electrons. The highest BCUT2D eigenvalue weighted by Gasteiger charge is 2.20. The van der Waals surface area contributed by atoms with Gasteiger partial charge in [0.2, 0.25) is 0 Å². The van der Waals surface area contributed by atoms with Crippen LogP contribution in [0.1, 0.15) is 30.4 Å². The van der Waals surface area contributed by atoms with Crippen molar-refractivity contribution in [1.82, 2.24) is 10.2 Å². The van der Waals surface area contributed by atoms with Crippen molar-refractivity contribution in [1.29, 1.82) is 0 Å². The van der Waals surface area contributed by atoms with E-state index in [-0.39, 0.29) is 10.7 Å². The molecule has 1 fully saturated rings. The molecule has 3 rings (SSSR count). The number of aromatic nitrogens is 2. The smallest absolute Gasteiger partial charge is 0.263 e. The Hall–Kier alpha value is -2.35. The molecule has 2 aromatic rings. The Balaban J connectivity index is 1.80. The third-order valence-corrected chi connectivity index (χ3v) is 6.05. The van der Waals surface area contributed by atoms with Crippen LogP contribution in [0.3, 0.4) is 0 Å². The second-order valence-corrected chi connectivity index (χ2v) is 8.17. The van der Waals surface area contributed by atoms with Crippen LogP contribution in [0.15, 0.2) is 29.2 Å². The lowest BCUT2D eigenvalue weighted by Crippen LogP contribution is -2.30. The number of hydrogen-bond donors (Lipinski definition) is 1. The van der Waals surface area contributed by atoms with E-state index in [1.807, 2.05) is 13.0 Å². The summed E-state index contributed by atoms with van der Waals surface area (Å²) in [7, 11) is -2.19. The topological polar surface area (TPSA) is 84.4 Å². The maximum atomic E-state index is 12.7. The predicted molar refractivity (Wildman–Crippen MR) is 101 cm³/mol. The predicted octanol–water partition coefficient (Wildman–Crippen LogP) is 2.89. The van der Waals surface area contributed by atoms with Crippen LogP contribution in [0.25, 0.3) is 0 Å². The fraction of sp³-hybridized carbons (Fsp3) is 0.444. The van der Waals surface area contributed by atoms with Gasteiger partial charge in [0.1, 0.15) is 5.75 Å². The van der Waals surface area contributed by atoms with E-state index >= 15 is 0 Å². The van der Waals surface area contributed by atoms with E-state index in [0.29, 0.717) is 11.3 Å². The molecule has 8 heteroatoms. The highest BCUT2D eigenvalue weighted by molar-refractivity contribution is 7.92. The number of hydrogen-bond acceptors (Lipinski definition) is 6. The van der Waals surface area contributed by atoms with Crippen molar-refractivity contribution in [3.05, 3.63) is 35.4 Å². The summed E-state index contributed by atoms with van der Waals surface area (Å²) in [6.07, 6.45) is 3.53. The molecule has 0 amide bonds. The minimum Gasteiger partial charge on any atom is -0.496 e. The highest BCUT2D eigenvalue weighted by atomic mass is 32.2. The first-order chi connectivity index (χ1) is 12.4. The number of piperidine rings is 1. The fourth-order valence-electron chi connectivity index (χ4n) is 3.14. The molecule has 0 bridgehead atoms. The quantitative estimate of drug-likeness (QED) is 0.864. The van der Waals surface area contributed by atoms with Crippen LogP contribution < -0.4 is 14.4 Å². The van der Waals surface area contributed by atoms with Gasteiger partial charge >= 0.3 is 0 Å². The summed E-state index contributed by atoms with van der Waals surface area (Å²) < 4.78 is 33.2. The summed E-state index contributed by atoms with van der Waals surface area (Å²) in [5, 5.41) is 8.22. The van der Waals surface area contributed by atoms with Gasteiger partial charge < -0.3 is 9.64 Å². The number of sulfonamides is 1. The van der Waals surface area contributed by atoms with E-state index in [0.717, 1.165) is 37.3 Å². The third-order valence-electron chi connectivity index (χ3n) is 4.55. The van der Waals surface area contributed by atoms with E-state index in [2.05, 4.69) is 19.8 Å². The molecular weight excluding hydrogens is 352 g/mol. The molecule has 140 valence electrons. The molecule has 0 unspecified atom stereocenters. The molecule has 0 atom stereocenters. The van der Waals surface area contributed by atoms with E-state index < -0.39 is 10.0 Å². The van der Waals surface area contributed by atoms with Crippen LogP contribution in [0.2, 0.25) is 0 Å². The fourth-order valence-corrected chi connectivity index (χ4v) is 4.45. The monoisotopic (exact) mass is 376 g/mol. The Morgan fingerprint density at radius 3 is 2.38 bits per heavy atom. The minimum absolute atomic E-state index is 0.206. The molecule has 7 nitrogen and oxygen atoms in total. The van der Waals surface area contributed by atoms with Gasteiger partial charge in [0.05, 0.1) is 12.0 Å². The first kappa shape index (κ1) is 18.4. The van der Waals surface area contributed by atoms with Gasteiger partial charge in [-0.05, 0) is 68.5 Å². The Kier molecular flexibility index (Phi) is 5.31. The van der Waals surface area contributed by atoms with Crippen LogP contribution >= 0.6 is 0 Å². The van der Waals surface area contributed by atoms with Gasteiger partial charge in [-0.15, -0.1) is 10.2 Å². The number of nitrogens with zero attached hydrogens (tertiary/aromatic N) is 3. The number of anilines is 2. The normalized spacial score (nSPS) is 15.0. The minimum atomic E-state index is -3.75. The van der Waals surface area contributed by atoms with Gasteiger partial charge in [-0.25, -0.2) is 8.42 Å². The van der Waals surface area contributed by atoms with Crippen molar-refractivity contribution in [3.8, 4) is 5.75 Å². The number of methoxy groups -OCH3 is 1. The second-order valence-electron chi connectivity index (χ2n) is 6.52. The zero-order chi connectivity index (χ0) is 18.7. The number of benzene rings is 1. The Morgan fingerprint density at radius 1 is 1.04 bits per heavy atom. The number of nitrogens with one attached hydrogen (secondary N) is 1. The van der Waals surface area contributed by atoms with Gasteiger partial charge in [0.15, 0.2) is 11.6 Å². The molecule has 2 heterocycles. The van der Waals surface area contributed by atoms with Gasteiger partial charge in [0.25, 0.3) is 10.0 Å². The zero-order valence-electron chi connectivity index (χ0n) is 15.3. The first-order valence-electron chi connectivity index (χ1n) is 8.67. The molecule has 1 saturated heterocycles. The summed E-state index contributed by atoms with van der Waals surface area (Å²) in [4.78, 5) is 2.38. The third kappa shape index (κ3) is 3.90. The molecular formula is C18H24N4O3S. The van der Waals surface area contributed by atoms with E-state index in [4.69, 9.17) is 4.74 Å². The molecule has 1 aliphatic rings. The summed E-state index contributed by atoms with van der Waals surface area (Å²) in [6.45, 7) is 5.47. The maximum Gasteiger partial charge on any atom is 0.263 e. The molecule has 1 N–H and O–H groups in total.